The Labute approximate surface area is 320 Å². The van der Waals surface area contributed by atoms with Crippen LogP contribution in [0.2, 0.25) is 0 Å². The van der Waals surface area contributed by atoms with E-state index in [1.165, 1.54) is 21.8 Å². The molecule has 0 unspecified atom stereocenters. The van der Waals surface area contributed by atoms with Crippen LogP contribution in [-0.2, 0) is 0 Å². The molecule has 0 fully saturated rings. The molecule has 6 nitrogen and oxygen atoms in total. The van der Waals surface area contributed by atoms with Crippen molar-refractivity contribution in [2.75, 3.05) is 0 Å². The molecule has 6 heteroatoms. The standard InChI is InChI=1S/C50H31N5O/c56-50-49-51-41-18-8-10-20-46(41)55(49)48-22-12-11-21-47(48)54(50)36-25-28-45-40(31-36)39-30-33(24-27-44(39)53(45)35-15-5-2-6-16-35)32-23-26-43-38(29-32)37-17-7-9-19-42(37)52(43)34-13-3-1-4-14-34/h1-31H. The third-order valence-corrected chi connectivity index (χ3v) is 11.4. The van der Waals surface area contributed by atoms with Gasteiger partial charge in [-0.2, -0.15) is 0 Å². The van der Waals surface area contributed by atoms with Crippen LogP contribution in [-0.4, -0.2) is 23.1 Å². The van der Waals surface area contributed by atoms with Crippen molar-refractivity contribution >= 4 is 71.3 Å². The highest BCUT2D eigenvalue weighted by Crippen LogP contribution is 2.39. The minimum atomic E-state index is -0.158. The molecule has 0 bridgehead atoms. The molecule has 262 valence electrons. The molecule has 0 N–H and O–H groups in total. The number of hydrogen-bond donors (Lipinski definition) is 0. The van der Waals surface area contributed by atoms with Gasteiger partial charge in [-0.25, -0.2) is 4.98 Å². The van der Waals surface area contributed by atoms with Gasteiger partial charge in [-0.3, -0.25) is 13.8 Å². The van der Waals surface area contributed by atoms with E-state index in [4.69, 9.17) is 4.98 Å². The van der Waals surface area contributed by atoms with Crippen molar-refractivity contribution in [3.8, 4) is 28.2 Å². The summed E-state index contributed by atoms with van der Waals surface area (Å²) in [6, 6.07) is 65.7. The Hall–Kier alpha value is -7.70. The van der Waals surface area contributed by atoms with E-state index in [1.54, 1.807) is 0 Å². The topological polar surface area (TPSA) is 49.2 Å². The number of rotatable bonds is 4. The first-order chi connectivity index (χ1) is 27.7. The normalized spacial score (nSPS) is 12.0. The molecular formula is C50H31N5O. The maximum Gasteiger partial charge on any atom is 0.299 e. The highest BCUT2D eigenvalue weighted by atomic mass is 16.1. The van der Waals surface area contributed by atoms with Gasteiger partial charge in [0.2, 0.25) is 5.65 Å². The zero-order chi connectivity index (χ0) is 36.9. The lowest BCUT2D eigenvalue weighted by molar-refractivity contribution is 1.02. The van der Waals surface area contributed by atoms with Crippen molar-refractivity contribution in [2.24, 2.45) is 0 Å². The Kier molecular flexibility index (Phi) is 6.39. The summed E-state index contributed by atoms with van der Waals surface area (Å²) in [5, 5.41) is 4.61. The van der Waals surface area contributed by atoms with Crippen LogP contribution in [0.5, 0.6) is 0 Å². The average Bonchev–Trinajstić information content (AvgIpc) is 3.92. The molecule has 0 aliphatic carbocycles. The molecule has 0 aliphatic heterocycles. The molecule has 0 spiro atoms. The van der Waals surface area contributed by atoms with E-state index in [9.17, 15) is 4.79 Å². The second-order valence-corrected chi connectivity index (χ2v) is 14.4. The summed E-state index contributed by atoms with van der Waals surface area (Å²) in [4.78, 5) is 19.4. The summed E-state index contributed by atoms with van der Waals surface area (Å²) in [5.41, 5.74) is 13.5. The summed E-state index contributed by atoms with van der Waals surface area (Å²) in [6.45, 7) is 0. The van der Waals surface area contributed by atoms with Gasteiger partial charge in [-0.15, -0.1) is 0 Å². The Balaban J connectivity index is 1.11. The molecule has 8 aromatic carbocycles. The Morgan fingerprint density at radius 1 is 0.339 bits per heavy atom. The average molecular weight is 718 g/mol. The second kappa shape index (κ2) is 11.6. The maximum atomic E-state index is 14.5. The fraction of sp³-hybridized carbons (Fsp3) is 0. The van der Waals surface area contributed by atoms with Crippen molar-refractivity contribution in [3.05, 3.63) is 198 Å². The van der Waals surface area contributed by atoms with E-state index in [-0.39, 0.29) is 5.56 Å². The predicted octanol–water partition coefficient (Wildman–Crippen LogP) is 11.7. The lowest BCUT2D eigenvalue weighted by Gasteiger charge is -2.13. The first kappa shape index (κ1) is 30.7. The third kappa shape index (κ3) is 4.32. The van der Waals surface area contributed by atoms with Gasteiger partial charge in [-0.05, 0) is 108 Å². The smallest absolute Gasteiger partial charge is 0.299 e. The minimum absolute atomic E-state index is 0.158. The van der Waals surface area contributed by atoms with Crippen molar-refractivity contribution in [1.82, 2.24) is 23.1 Å². The van der Waals surface area contributed by atoms with Gasteiger partial charge >= 0.3 is 0 Å². The monoisotopic (exact) mass is 717 g/mol. The SMILES string of the molecule is O=c1c2nc3ccccc3n2c2ccccc2n1-c1ccc2c(c1)c1cc(-c3ccc4c(c3)c3ccccc3n4-c3ccccc3)ccc1n2-c1ccccc1. The molecule has 12 aromatic rings. The van der Waals surface area contributed by atoms with E-state index < -0.39 is 0 Å². The number of fused-ring (bicyclic) bond motifs is 11. The van der Waals surface area contributed by atoms with E-state index >= 15 is 0 Å². The first-order valence-corrected chi connectivity index (χ1v) is 18.9. The number of nitrogens with zero attached hydrogens (tertiary/aromatic N) is 5. The molecule has 0 saturated carbocycles. The quantitative estimate of drug-likeness (QED) is 0.182. The summed E-state index contributed by atoms with van der Waals surface area (Å²) in [7, 11) is 0. The Bertz CT molecular complexity index is 3610. The van der Waals surface area contributed by atoms with E-state index in [1.807, 2.05) is 57.5 Å². The van der Waals surface area contributed by atoms with Crippen molar-refractivity contribution < 1.29 is 0 Å². The molecule has 0 amide bonds. The number of hydrogen-bond acceptors (Lipinski definition) is 2. The Morgan fingerprint density at radius 2 is 0.821 bits per heavy atom. The molecule has 0 radical (unpaired) electrons. The lowest BCUT2D eigenvalue weighted by Crippen LogP contribution is -2.21. The van der Waals surface area contributed by atoms with Gasteiger partial charge in [-0.1, -0.05) is 91.0 Å². The summed E-state index contributed by atoms with van der Waals surface area (Å²) in [6.07, 6.45) is 0. The van der Waals surface area contributed by atoms with Crippen LogP contribution in [0.4, 0.5) is 0 Å². The van der Waals surface area contributed by atoms with Crippen LogP contribution in [0.25, 0.3) is 99.5 Å². The second-order valence-electron chi connectivity index (χ2n) is 14.4. The molecule has 56 heavy (non-hydrogen) atoms. The number of imidazole rings is 1. The molecule has 0 atom stereocenters. The van der Waals surface area contributed by atoms with Gasteiger partial charge in [0.15, 0.2) is 0 Å². The zero-order valence-corrected chi connectivity index (χ0v) is 30.0. The molecule has 12 rings (SSSR count). The van der Waals surface area contributed by atoms with Crippen LogP contribution in [0.15, 0.2) is 193 Å². The van der Waals surface area contributed by atoms with Gasteiger partial charge < -0.3 is 9.13 Å². The summed E-state index contributed by atoms with van der Waals surface area (Å²) >= 11 is 0. The molecule has 4 aromatic heterocycles. The lowest BCUT2D eigenvalue weighted by atomic mass is 10.0. The summed E-state index contributed by atoms with van der Waals surface area (Å²) in [5.74, 6) is 0. The highest BCUT2D eigenvalue weighted by molar-refractivity contribution is 6.13. The fourth-order valence-corrected chi connectivity index (χ4v) is 8.91. The van der Waals surface area contributed by atoms with Crippen LogP contribution in [0, 0.1) is 0 Å². The number of aromatic nitrogens is 5. The van der Waals surface area contributed by atoms with Crippen molar-refractivity contribution in [1.29, 1.82) is 0 Å². The highest BCUT2D eigenvalue weighted by Gasteiger charge is 2.20. The molecular weight excluding hydrogens is 687 g/mol. The van der Waals surface area contributed by atoms with Gasteiger partial charge in [0, 0.05) is 32.9 Å². The van der Waals surface area contributed by atoms with Crippen molar-refractivity contribution in [2.45, 2.75) is 0 Å². The van der Waals surface area contributed by atoms with Crippen LogP contribution < -0.4 is 5.56 Å². The fourth-order valence-electron chi connectivity index (χ4n) is 8.91. The van der Waals surface area contributed by atoms with Crippen LogP contribution >= 0.6 is 0 Å². The Morgan fingerprint density at radius 3 is 1.48 bits per heavy atom. The molecule has 0 aliphatic rings. The number of benzene rings is 8. The van der Waals surface area contributed by atoms with E-state index in [0.717, 1.165) is 72.1 Å². The largest absolute Gasteiger partial charge is 0.309 e. The van der Waals surface area contributed by atoms with E-state index in [2.05, 4.69) is 149 Å². The predicted molar refractivity (Wildman–Crippen MR) is 230 cm³/mol. The minimum Gasteiger partial charge on any atom is -0.309 e. The van der Waals surface area contributed by atoms with Gasteiger partial charge in [0.1, 0.15) is 0 Å². The van der Waals surface area contributed by atoms with Crippen molar-refractivity contribution in [3.63, 3.8) is 0 Å². The van der Waals surface area contributed by atoms with Crippen LogP contribution in [0.3, 0.4) is 0 Å². The summed E-state index contributed by atoms with van der Waals surface area (Å²) < 4.78 is 8.48. The molecule has 0 saturated heterocycles. The zero-order valence-electron chi connectivity index (χ0n) is 30.0. The molecule has 4 heterocycles. The van der Waals surface area contributed by atoms with Gasteiger partial charge in [0.05, 0.1) is 49.8 Å². The third-order valence-electron chi connectivity index (χ3n) is 11.4. The van der Waals surface area contributed by atoms with E-state index in [0.29, 0.717) is 5.65 Å². The van der Waals surface area contributed by atoms with Gasteiger partial charge in [0.25, 0.3) is 5.56 Å². The number of para-hydroxylation sites is 7. The maximum absolute atomic E-state index is 14.5. The van der Waals surface area contributed by atoms with Crippen LogP contribution in [0.1, 0.15) is 0 Å². The first-order valence-electron chi connectivity index (χ1n) is 18.9.